The van der Waals surface area contributed by atoms with Crippen LogP contribution >= 0.6 is 0 Å². The predicted octanol–water partition coefficient (Wildman–Crippen LogP) is 5.91. The zero-order valence-electron chi connectivity index (χ0n) is 20.1. The van der Waals surface area contributed by atoms with Gasteiger partial charge in [0, 0.05) is 11.6 Å². The average Bonchev–Trinajstić information content (AvgIpc) is 3.33. The van der Waals surface area contributed by atoms with E-state index in [1.807, 2.05) is 0 Å². The standard InChI is InChI=1S/C27H24F3N3O5/c28-27(29,30)38-20-8-4-5-16(13-20)15-37-19-11-9-18(10-12-19)24-23(17-6-2-1-3-7-17)25(34)33-22(31-24)14-21(32-33)26(35)36/h4-5,8-14,17,31H,1-3,6-7,15H2,(H,35,36). The Hall–Kier alpha value is -4.28. The summed E-state index contributed by atoms with van der Waals surface area (Å²) in [6, 6.07) is 13.9. The number of carboxylic acid groups (broad SMARTS) is 1. The van der Waals surface area contributed by atoms with Crippen molar-refractivity contribution in [3.63, 3.8) is 0 Å². The third kappa shape index (κ3) is 5.51. The van der Waals surface area contributed by atoms with E-state index in [9.17, 15) is 27.9 Å². The van der Waals surface area contributed by atoms with Gasteiger partial charge >= 0.3 is 12.3 Å². The molecule has 0 saturated heterocycles. The van der Waals surface area contributed by atoms with Gasteiger partial charge in [-0.2, -0.15) is 9.61 Å². The summed E-state index contributed by atoms with van der Waals surface area (Å²) in [6.07, 6.45) is 0.0438. The highest BCUT2D eigenvalue weighted by molar-refractivity contribution is 5.86. The van der Waals surface area contributed by atoms with Gasteiger partial charge in [0.25, 0.3) is 5.56 Å². The van der Waals surface area contributed by atoms with Crippen molar-refractivity contribution in [2.24, 2.45) is 0 Å². The van der Waals surface area contributed by atoms with E-state index in [1.165, 1.54) is 24.3 Å². The fraction of sp³-hybridized carbons (Fsp3) is 0.296. The van der Waals surface area contributed by atoms with Gasteiger partial charge in [0.05, 0.1) is 5.69 Å². The van der Waals surface area contributed by atoms with Crippen molar-refractivity contribution in [3.05, 3.63) is 81.8 Å². The van der Waals surface area contributed by atoms with E-state index in [-0.39, 0.29) is 35.2 Å². The molecule has 2 heterocycles. The van der Waals surface area contributed by atoms with E-state index in [4.69, 9.17) is 4.74 Å². The molecule has 0 amide bonds. The largest absolute Gasteiger partial charge is 0.573 e. The van der Waals surface area contributed by atoms with Crippen molar-refractivity contribution in [3.8, 4) is 22.8 Å². The summed E-state index contributed by atoms with van der Waals surface area (Å²) in [5, 5.41) is 13.3. The first kappa shape index (κ1) is 25.4. The quantitative estimate of drug-likeness (QED) is 0.309. The number of aromatic carboxylic acids is 1. The Kier molecular flexibility index (Phi) is 6.83. The summed E-state index contributed by atoms with van der Waals surface area (Å²) in [6.45, 7) is 0.0261. The SMILES string of the molecule is O=C(O)c1cc2[nH]c(-c3ccc(OCc4cccc(OC(F)(F)F)c4)cc3)c(C3CCCCC3)c(=O)n2n1. The topological polar surface area (TPSA) is 106 Å². The van der Waals surface area contributed by atoms with Crippen molar-refractivity contribution < 1.29 is 32.5 Å². The number of H-pyrrole nitrogens is 1. The number of halogens is 3. The molecule has 0 unspecified atom stereocenters. The Bertz CT molecular complexity index is 1520. The zero-order valence-corrected chi connectivity index (χ0v) is 20.1. The van der Waals surface area contributed by atoms with Crippen LogP contribution in [-0.4, -0.2) is 32.0 Å². The number of hydrogen-bond donors (Lipinski definition) is 2. The molecule has 38 heavy (non-hydrogen) atoms. The monoisotopic (exact) mass is 527 g/mol. The molecule has 2 aromatic heterocycles. The Morgan fingerprint density at radius 1 is 1.05 bits per heavy atom. The van der Waals surface area contributed by atoms with Gasteiger partial charge < -0.3 is 19.6 Å². The molecule has 2 N–H and O–H groups in total. The molecule has 4 aromatic rings. The number of rotatable bonds is 7. The lowest BCUT2D eigenvalue weighted by atomic mass is 9.83. The van der Waals surface area contributed by atoms with Crippen LogP contribution in [0.15, 0.2) is 59.4 Å². The van der Waals surface area contributed by atoms with Crippen LogP contribution in [0.2, 0.25) is 0 Å². The lowest BCUT2D eigenvalue weighted by molar-refractivity contribution is -0.274. The molecular formula is C27H24F3N3O5. The summed E-state index contributed by atoms with van der Waals surface area (Å²) in [5.41, 5.74) is 2.12. The molecule has 2 aromatic carbocycles. The molecule has 1 saturated carbocycles. The molecule has 1 aliphatic rings. The minimum atomic E-state index is -4.78. The summed E-state index contributed by atoms with van der Waals surface area (Å²) >= 11 is 0. The molecule has 0 atom stereocenters. The third-order valence-corrected chi connectivity index (χ3v) is 6.57. The van der Waals surface area contributed by atoms with Gasteiger partial charge in [0.2, 0.25) is 0 Å². The van der Waals surface area contributed by atoms with E-state index in [0.29, 0.717) is 22.6 Å². The van der Waals surface area contributed by atoms with E-state index >= 15 is 0 Å². The molecular weight excluding hydrogens is 503 g/mol. The first-order valence-electron chi connectivity index (χ1n) is 12.1. The van der Waals surface area contributed by atoms with Gasteiger partial charge in [-0.3, -0.25) is 4.79 Å². The minimum Gasteiger partial charge on any atom is -0.489 e. The first-order chi connectivity index (χ1) is 18.2. The van der Waals surface area contributed by atoms with Gasteiger partial charge in [0.1, 0.15) is 23.8 Å². The number of nitrogens with zero attached hydrogens (tertiary/aromatic N) is 2. The lowest BCUT2D eigenvalue weighted by Gasteiger charge is -2.23. The van der Waals surface area contributed by atoms with Crippen molar-refractivity contribution in [2.75, 3.05) is 0 Å². The third-order valence-electron chi connectivity index (χ3n) is 6.57. The van der Waals surface area contributed by atoms with Crippen LogP contribution in [0.25, 0.3) is 16.9 Å². The summed E-state index contributed by atoms with van der Waals surface area (Å²) in [4.78, 5) is 28.1. The van der Waals surface area contributed by atoms with Crippen LogP contribution in [0.5, 0.6) is 11.5 Å². The Morgan fingerprint density at radius 3 is 2.47 bits per heavy atom. The number of aromatic nitrogens is 3. The Morgan fingerprint density at radius 2 is 1.79 bits per heavy atom. The molecule has 1 aliphatic carbocycles. The van der Waals surface area contributed by atoms with Crippen molar-refractivity contribution in [2.45, 2.75) is 51.0 Å². The van der Waals surface area contributed by atoms with E-state index in [0.717, 1.165) is 42.2 Å². The molecule has 0 spiro atoms. The number of aromatic amines is 1. The molecule has 0 bridgehead atoms. The number of benzene rings is 2. The fourth-order valence-electron chi connectivity index (χ4n) is 4.86. The highest BCUT2D eigenvalue weighted by atomic mass is 19.4. The van der Waals surface area contributed by atoms with Gasteiger partial charge in [0.15, 0.2) is 5.69 Å². The predicted molar refractivity (Wildman–Crippen MR) is 131 cm³/mol. The number of carboxylic acids is 1. The molecule has 1 fully saturated rings. The maximum absolute atomic E-state index is 13.5. The highest BCUT2D eigenvalue weighted by Crippen LogP contribution is 2.36. The van der Waals surface area contributed by atoms with Gasteiger partial charge in [-0.15, -0.1) is 13.2 Å². The normalized spacial score (nSPS) is 14.5. The highest BCUT2D eigenvalue weighted by Gasteiger charge is 2.31. The summed E-state index contributed by atoms with van der Waals surface area (Å²) < 4.78 is 48.3. The van der Waals surface area contributed by atoms with Gasteiger partial charge in [-0.1, -0.05) is 31.4 Å². The first-order valence-corrected chi connectivity index (χ1v) is 12.1. The average molecular weight is 527 g/mol. The Labute approximate surface area is 214 Å². The van der Waals surface area contributed by atoms with E-state index in [1.54, 1.807) is 30.3 Å². The number of alkyl halides is 3. The number of nitrogens with one attached hydrogen (secondary N) is 1. The minimum absolute atomic E-state index is 0.0199. The van der Waals surface area contributed by atoms with Gasteiger partial charge in [-0.25, -0.2) is 4.79 Å². The van der Waals surface area contributed by atoms with Crippen LogP contribution < -0.4 is 15.0 Å². The maximum Gasteiger partial charge on any atom is 0.573 e. The number of ether oxygens (including phenoxy) is 2. The van der Waals surface area contributed by atoms with Gasteiger partial charge in [-0.05, 0) is 66.3 Å². The van der Waals surface area contributed by atoms with E-state index in [2.05, 4.69) is 14.8 Å². The second kappa shape index (κ2) is 10.2. The second-order valence-corrected chi connectivity index (χ2v) is 9.19. The molecule has 198 valence electrons. The molecule has 8 nitrogen and oxygen atoms in total. The van der Waals surface area contributed by atoms with Crippen LogP contribution in [0.1, 0.15) is 59.6 Å². The number of hydrogen-bond acceptors (Lipinski definition) is 5. The van der Waals surface area contributed by atoms with Crippen LogP contribution in [0.4, 0.5) is 13.2 Å². The van der Waals surface area contributed by atoms with Crippen LogP contribution in [-0.2, 0) is 6.61 Å². The number of fused-ring (bicyclic) bond motifs is 1. The fourth-order valence-corrected chi connectivity index (χ4v) is 4.86. The molecule has 0 radical (unpaired) electrons. The summed E-state index contributed by atoms with van der Waals surface area (Å²) in [7, 11) is 0. The van der Waals surface area contributed by atoms with E-state index < -0.39 is 12.3 Å². The number of carbonyl (C=O) groups is 1. The van der Waals surface area contributed by atoms with Crippen molar-refractivity contribution in [1.29, 1.82) is 0 Å². The van der Waals surface area contributed by atoms with Crippen molar-refractivity contribution in [1.82, 2.24) is 14.6 Å². The van der Waals surface area contributed by atoms with Crippen LogP contribution in [0.3, 0.4) is 0 Å². The molecule has 0 aliphatic heterocycles. The zero-order chi connectivity index (χ0) is 26.9. The second-order valence-electron chi connectivity index (χ2n) is 9.19. The van der Waals surface area contributed by atoms with Crippen molar-refractivity contribution >= 4 is 11.6 Å². The smallest absolute Gasteiger partial charge is 0.489 e. The maximum atomic E-state index is 13.5. The summed E-state index contributed by atoms with van der Waals surface area (Å²) in [5.74, 6) is -1.05. The lowest BCUT2D eigenvalue weighted by Crippen LogP contribution is -2.25. The van der Waals surface area contributed by atoms with Crippen LogP contribution in [0, 0.1) is 0 Å². The molecule has 11 heteroatoms. The Balaban J connectivity index is 1.42. The molecule has 5 rings (SSSR count).